The zero-order valence-electron chi connectivity index (χ0n) is 20.1. The summed E-state index contributed by atoms with van der Waals surface area (Å²) in [6.07, 6.45) is 6.80. The molecule has 0 bridgehead atoms. The van der Waals surface area contributed by atoms with Gasteiger partial charge in [-0.05, 0) is 66.8 Å². The number of thiophene rings is 1. The molecule has 6 heteroatoms. The van der Waals surface area contributed by atoms with E-state index in [-0.39, 0.29) is 36.4 Å². The van der Waals surface area contributed by atoms with Gasteiger partial charge in [0.15, 0.2) is 0 Å². The van der Waals surface area contributed by atoms with E-state index in [4.69, 9.17) is 4.74 Å². The minimum atomic E-state index is -0.114. The molecule has 2 atom stereocenters. The molecule has 2 heterocycles. The number of hydrogen-bond acceptors (Lipinski definition) is 4. The molecule has 1 aliphatic carbocycles. The molecule has 0 radical (unpaired) electrons. The van der Waals surface area contributed by atoms with Crippen molar-refractivity contribution in [2.24, 2.45) is 5.92 Å². The molecular formula is C27H36N2O3S. The zero-order valence-corrected chi connectivity index (χ0v) is 20.9. The summed E-state index contributed by atoms with van der Waals surface area (Å²) < 4.78 is 5.34. The molecule has 178 valence electrons. The summed E-state index contributed by atoms with van der Waals surface area (Å²) in [6, 6.07) is 10.3. The maximum atomic E-state index is 13.7. The number of fused-ring (bicyclic) bond motifs is 1. The van der Waals surface area contributed by atoms with Crippen LogP contribution in [0.1, 0.15) is 74.4 Å². The summed E-state index contributed by atoms with van der Waals surface area (Å²) in [4.78, 5) is 32.4. The molecule has 2 aliphatic rings. The molecule has 0 N–H and O–H groups in total. The number of rotatable bonds is 10. The molecule has 5 nitrogen and oxygen atoms in total. The van der Waals surface area contributed by atoms with Gasteiger partial charge in [0.1, 0.15) is 12.3 Å². The number of carbonyl (C=O) groups excluding carboxylic acids is 2. The Kier molecular flexibility index (Phi) is 7.74. The Balaban J connectivity index is 1.56. The van der Waals surface area contributed by atoms with Crippen LogP contribution in [-0.2, 0) is 16.0 Å². The van der Waals surface area contributed by atoms with Crippen molar-refractivity contribution in [3.05, 3.63) is 51.7 Å². The largest absolute Gasteiger partial charge is 0.497 e. The van der Waals surface area contributed by atoms with Gasteiger partial charge in [-0.15, -0.1) is 11.3 Å². The fourth-order valence-corrected chi connectivity index (χ4v) is 5.83. The first-order chi connectivity index (χ1) is 16.1. The van der Waals surface area contributed by atoms with Crippen LogP contribution in [0.5, 0.6) is 5.75 Å². The van der Waals surface area contributed by atoms with Gasteiger partial charge in [-0.25, -0.2) is 0 Å². The van der Waals surface area contributed by atoms with Crippen LogP contribution in [0.2, 0.25) is 0 Å². The third kappa shape index (κ3) is 5.26. The minimum Gasteiger partial charge on any atom is -0.497 e. The van der Waals surface area contributed by atoms with Crippen LogP contribution >= 0.6 is 11.3 Å². The average Bonchev–Trinajstić information content (AvgIpc) is 3.57. The smallest absolute Gasteiger partial charge is 0.243 e. The summed E-state index contributed by atoms with van der Waals surface area (Å²) in [7, 11) is 1.66. The van der Waals surface area contributed by atoms with E-state index in [1.165, 1.54) is 10.4 Å². The van der Waals surface area contributed by atoms with Crippen LogP contribution in [0.25, 0.3) is 0 Å². The number of ether oxygens (including phenoxy) is 1. The normalized spacial score (nSPS) is 18.5. The predicted molar refractivity (Wildman–Crippen MR) is 133 cm³/mol. The van der Waals surface area contributed by atoms with Gasteiger partial charge in [-0.3, -0.25) is 9.59 Å². The lowest BCUT2D eigenvalue weighted by atomic mass is 9.93. The van der Waals surface area contributed by atoms with Crippen molar-refractivity contribution in [2.75, 3.05) is 20.2 Å². The van der Waals surface area contributed by atoms with Crippen LogP contribution in [0.15, 0.2) is 35.7 Å². The molecule has 1 aromatic heterocycles. The summed E-state index contributed by atoms with van der Waals surface area (Å²) >= 11 is 1.77. The van der Waals surface area contributed by atoms with Crippen LogP contribution in [-0.4, -0.2) is 47.9 Å². The predicted octanol–water partition coefficient (Wildman–Crippen LogP) is 5.44. The highest BCUT2D eigenvalue weighted by Crippen LogP contribution is 2.39. The summed E-state index contributed by atoms with van der Waals surface area (Å²) in [5.41, 5.74) is 2.30. The van der Waals surface area contributed by atoms with Crippen LogP contribution in [0.3, 0.4) is 0 Å². The van der Waals surface area contributed by atoms with Crippen molar-refractivity contribution in [2.45, 2.75) is 70.9 Å². The monoisotopic (exact) mass is 468 g/mol. The van der Waals surface area contributed by atoms with Gasteiger partial charge in [0.2, 0.25) is 11.8 Å². The lowest BCUT2D eigenvalue weighted by molar-refractivity contribution is -0.144. The quantitative estimate of drug-likeness (QED) is 0.467. The Hall–Kier alpha value is -2.34. The molecule has 0 saturated heterocycles. The second-order valence-corrected chi connectivity index (χ2v) is 10.3. The highest BCUT2D eigenvalue weighted by Gasteiger charge is 2.39. The fourth-order valence-electron chi connectivity index (χ4n) is 4.93. The Bertz CT molecular complexity index is 951. The van der Waals surface area contributed by atoms with E-state index in [9.17, 15) is 9.59 Å². The standard InChI is InChI=1S/C27H36N2O3S/c1-4-6-7-19(5-2)27(31)29(21-10-11-21)18-25(30)28-16-14-24-23(15-17-33-24)26(28)20-8-12-22(32-3)13-9-20/h8-9,12-13,15,17,19,21,26H,4-7,10-11,14,16,18H2,1-3H3. The number of nitrogens with zero attached hydrogens (tertiary/aromatic N) is 2. The molecule has 2 amide bonds. The SMILES string of the molecule is CCCCC(CC)C(=O)N(CC(=O)N1CCc2sccc2C1c1ccc(OC)cc1)C1CC1. The molecule has 1 aliphatic heterocycles. The van der Waals surface area contributed by atoms with E-state index in [1.807, 2.05) is 21.9 Å². The zero-order chi connectivity index (χ0) is 23.4. The van der Waals surface area contributed by atoms with Gasteiger partial charge in [0.25, 0.3) is 0 Å². The van der Waals surface area contributed by atoms with E-state index < -0.39 is 0 Å². The minimum absolute atomic E-state index is 0.0283. The van der Waals surface area contributed by atoms with Gasteiger partial charge in [-0.2, -0.15) is 0 Å². The lowest BCUT2D eigenvalue weighted by Crippen LogP contribution is -2.48. The van der Waals surface area contributed by atoms with Crippen molar-refractivity contribution >= 4 is 23.2 Å². The number of unbranched alkanes of at least 4 members (excludes halogenated alkanes) is 1. The van der Waals surface area contributed by atoms with E-state index in [2.05, 4.69) is 37.4 Å². The Morgan fingerprint density at radius 1 is 1.18 bits per heavy atom. The highest BCUT2D eigenvalue weighted by molar-refractivity contribution is 7.10. The van der Waals surface area contributed by atoms with Gasteiger partial charge < -0.3 is 14.5 Å². The van der Waals surface area contributed by atoms with Gasteiger partial charge in [0.05, 0.1) is 13.2 Å². The van der Waals surface area contributed by atoms with Crippen molar-refractivity contribution in [1.82, 2.24) is 9.80 Å². The second-order valence-electron chi connectivity index (χ2n) is 9.26. The van der Waals surface area contributed by atoms with Gasteiger partial charge >= 0.3 is 0 Å². The third-order valence-corrected chi connectivity index (χ3v) is 8.04. The number of methoxy groups -OCH3 is 1. The first-order valence-corrected chi connectivity index (χ1v) is 13.2. The third-order valence-electron chi connectivity index (χ3n) is 7.04. The number of amides is 2. The van der Waals surface area contributed by atoms with E-state index >= 15 is 0 Å². The molecule has 2 aromatic rings. The topological polar surface area (TPSA) is 49.9 Å². The van der Waals surface area contributed by atoms with E-state index in [0.29, 0.717) is 6.54 Å². The van der Waals surface area contributed by atoms with Crippen molar-refractivity contribution in [1.29, 1.82) is 0 Å². The van der Waals surface area contributed by atoms with Crippen molar-refractivity contribution in [3.8, 4) is 5.75 Å². The first-order valence-electron chi connectivity index (χ1n) is 12.4. The summed E-state index contributed by atoms with van der Waals surface area (Å²) in [5.74, 6) is 1.07. The fraction of sp³-hybridized carbons (Fsp3) is 0.556. The van der Waals surface area contributed by atoms with Gasteiger partial charge in [-0.1, -0.05) is 38.8 Å². The maximum Gasteiger partial charge on any atom is 0.243 e. The Morgan fingerprint density at radius 2 is 1.94 bits per heavy atom. The second kappa shape index (κ2) is 10.7. The number of carbonyl (C=O) groups is 2. The molecule has 1 fully saturated rings. The molecule has 33 heavy (non-hydrogen) atoms. The number of hydrogen-bond donors (Lipinski definition) is 0. The van der Waals surface area contributed by atoms with Crippen LogP contribution < -0.4 is 4.74 Å². The highest BCUT2D eigenvalue weighted by atomic mass is 32.1. The molecule has 4 rings (SSSR count). The average molecular weight is 469 g/mol. The van der Waals surface area contributed by atoms with Crippen LogP contribution in [0.4, 0.5) is 0 Å². The number of benzene rings is 1. The Morgan fingerprint density at radius 3 is 2.58 bits per heavy atom. The van der Waals surface area contributed by atoms with Gasteiger partial charge in [0, 0.05) is 23.4 Å². The van der Waals surface area contributed by atoms with Crippen molar-refractivity contribution in [3.63, 3.8) is 0 Å². The summed E-state index contributed by atoms with van der Waals surface area (Å²) in [6.45, 7) is 5.13. The molecule has 1 saturated carbocycles. The molecule has 2 unspecified atom stereocenters. The van der Waals surface area contributed by atoms with E-state index in [0.717, 1.165) is 56.3 Å². The van der Waals surface area contributed by atoms with E-state index in [1.54, 1.807) is 18.4 Å². The Labute approximate surface area is 201 Å². The lowest BCUT2D eigenvalue weighted by Gasteiger charge is -2.38. The molecule has 0 spiro atoms. The van der Waals surface area contributed by atoms with Crippen molar-refractivity contribution < 1.29 is 14.3 Å². The molecular weight excluding hydrogens is 432 g/mol. The molecule has 1 aromatic carbocycles. The van der Waals surface area contributed by atoms with Crippen LogP contribution in [0, 0.1) is 5.92 Å². The maximum absolute atomic E-state index is 13.7. The first kappa shape index (κ1) is 23.8. The summed E-state index contributed by atoms with van der Waals surface area (Å²) in [5, 5.41) is 2.12.